The fourth-order valence-electron chi connectivity index (χ4n) is 9.67. The first kappa shape index (κ1) is 61.9. The van der Waals surface area contributed by atoms with Crippen LogP contribution >= 0.6 is 7.75 Å². The summed E-state index contributed by atoms with van der Waals surface area (Å²) in [5.41, 5.74) is -0.105. The van der Waals surface area contributed by atoms with Gasteiger partial charge in [0.15, 0.2) is 18.5 Å². The number of benzene rings is 3. The summed E-state index contributed by atoms with van der Waals surface area (Å²) in [7, 11) is -1.19. The number of carbonyl (C=O) groups excluding carboxylic acids is 4. The molecule has 0 bridgehead atoms. The van der Waals surface area contributed by atoms with Crippen molar-refractivity contribution in [3.05, 3.63) is 128 Å². The Hall–Kier alpha value is -6.27. The molecule has 1 aromatic heterocycles. The highest BCUT2D eigenvalue weighted by atomic mass is 31.2. The lowest BCUT2D eigenvalue weighted by atomic mass is 9.80. The van der Waals surface area contributed by atoms with E-state index in [4.69, 9.17) is 56.4 Å². The molecule has 432 valence electrons. The van der Waals surface area contributed by atoms with Gasteiger partial charge in [-0.2, -0.15) is 0 Å². The third-order valence-electron chi connectivity index (χ3n) is 12.9. The molecule has 0 aliphatic carbocycles. The fourth-order valence-corrected chi connectivity index (χ4v) is 12.0. The summed E-state index contributed by atoms with van der Waals surface area (Å²) in [6.07, 6.45) is -6.85. The number of carbonyl (C=O) groups is 4. The highest BCUT2D eigenvalue weighted by molar-refractivity contribution is 7.51. The molecule has 79 heavy (non-hydrogen) atoms. The summed E-state index contributed by atoms with van der Waals surface area (Å²) in [6, 6.07) is 22.6. The Kier molecular flexibility index (Phi) is 22.1. The van der Waals surface area contributed by atoms with E-state index in [1.165, 1.54) is 24.6 Å². The maximum Gasteiger partial charge on any atom is 0.409 e. The van der Waals surface area contributed by atoms with Gasteiger partial charge in [-0.05, 0) is 75.6 Å². The van der Waals surface area contributed by atoms with E-state index in [0.717, 1.165) is 30.5 Å². The first-order valence-electron chi connectivity index (χ1n) is 25.9. The number of aromatic amines is 1. The third kappa shape index (κ3) is 15.8. The summed E-state index contributed by atoms with van der Waals surface area (Å²) in [4.78, 5) is 77.1. The summed E-state index contributed by atoms with van der Waals surface area (Å²) < 4.78 is 90.8. The highest BCUT2D eigenvalue weighted by Gasteiger charge is 2.52. The molecule has 3 aromatic carbocycles. The zero-order chi connectivity index (χ0) is 57.6. The maximum absolute atomic E-state index is 15.7. The average molecular weight is 1130 g/mol. The number of hydrogen-bond donors (Lipinski definition) is 2. The van der Waals surface area contributed by atoms with Crippen LogP contribution in [0.2, 0.25) is 0 Å². The van der Waals surface area contributed by atoms with E-state index in [0.29, 0.717) is 11.5 Å². The van der Waals surface area contributed by atoms with Crippen molar-refractivity contribution in [1.82, 2.24) is 19.5 Å². The van der Waals surface area contributed by atoms with Crippen LogP contribution in [-0.2, 0) is 76.3 Å². The first-order chi connectivity index (χ1) is 37.6. The monoisotopic (exact) mass is 1120 g/mol. The van der Waals surface area contributed by atoms with E-state index < -0.39 is 104 Å². The van der Waals surface area contributed by atoms with Crippen molar-refractivity contribution < 1.29 is 80.2 Å². The molecule has 1 amide bonds. The second-order valence-electron chi connectivity index (χ2n) is 19.4. The summed E-state index contributed by atoms with van der Waals surface area (Å²) in [5, 5.41) is 2.65. The second-order valence-corrected chi connectivity index (χ2v) is 21.2. The standard InChI is InChI=1S/C55H73N4O19P/c1-33(2)59(34(3)4)79(66,73-28-26-69-25-27-70-53-49(56-36(6)60)51(75-39(9)63)50(74-38(8)62)47(77-53)31-71-37(7)61)78-45-29-48(58-30-35(5)52(64)57-54(58)65)76-46(45)32-72-55(40-15-13-12-14-16-40,41-17-21-43(67-10)22-18-41)42-19-23-44(68-11)24-20-42/h12-24,30,33-34,45-51,53H,25-29,31-32H2,1-11H3,(H,56,60)(H,57,64,65)/t45-,46+,47+,48+,49+,50-,51+,53+,79?/m0/s1. The molecule has 23 nitrogen and oxygen atoms in total. The Morgan fingerprint density at radius 1 is 0.747 bits per heavy atom. The minimum absolute atomic E-state index is 0.0293. The molecule has 2 aliphatic rings. The van der Waals surface area contributed by atoms with Crippen LogP contribution in [0.1, 0.15) is 90.3 Å². The lowest BCUT2D eigenvalue weighted by Crippen LogP contribution is -2.66. The molecule has 0 radical (unpaired) electrons. The highest BCUT2D eigenvalue weighted by Crippen LogP contribution is 2.57. The van der Waals surface area contributed by atoms with Crippen molar-refractivity contribution in [3.8, 4) is 11.5 Å². The molecule has 0 saturated carbocycles. The van der Waals surface area contributed by atoms with Crippen LogP contribution in [0, 0.1) is 6.92 Å². The average Bonchev–Trinajstić information content (AvgIpc) is 3.85. The van der Waals surface area contributed by atoms with Crippen LogP contribution in [0.4, 0.5) is 0 Å². The number of H-pyrrole nitrogens is 1. The van der Waals surface area contributed by atoms with Gasteiger partial charge in [0.05, 0.1) is 47.3 Å². The zero-order valence-electron chi connectivity index (χ0n) is 46.4. The Bertz CT molecular complexity index is 2770. The molecule has 3 heterocycles. The summed E-state index contributed by atoms with van der Waals surface area (Å²) in [5.74, 6) is -1.47. The van der Waals surface area contributed by atoms with Crippen molar-refractivity contribution in [1.29, 1.82) is 0 Å². The van der Waals surface area contributed by atoms with Gasteiger partial charge in [-0.25, -0.2) is 14.0 Å². The number of aromatic nitrogens is 2. The summed E-state index contributed by atoms with van der Waals surface area (Å²) >= 11 is 0. The van der Waals surface area contributed by atoms with Crippen LogP contribution in [0.15, 0.2) is 94.6 Å². The van der Waals surface area contributed by atoms with Gasteiger partial charge >= 0.3 is 31.3 Å². The lowest BCUT2D eigenvalue weighted by molar-refractivity contribution is -0.279. The van der Waals surface area contributed by atoms with Crippen LogP contribution in [0.5, 0.6) is 11.5 Å². The molecule has 2 N–H and O–H groups in total. The minimum Gasteiger partial charge on any atom is -0.497 e. The van der Waals surface area contributed by atoms with Crippen LogP contribution in [-0.4, -0.2) is 147 Å². The molecule has 24 heteroatoms. The predicted molar refractivity (Wildman–Crippen MR) is 284 cm³/mol. The fraction of sp³-hybridized carbons (Fsp3) is 0.527. The summed E-state index contributed by atoms with van der Waals surface area (Å²) in [6.45, 7) is 12.4. The van der Waals surface area contributed by atoms with Gasteiger partial charge in [0.2, 0.25) is 5.91 Å². The van der Waals surface area contributed by atoms with Crippen molar-refractivity contribution in [2.45, 2.75) is 135 Å². The number of methoxy groups -OCH3 is 2. The van der Waals surface area contributed by atoms with Gasteiger partial charge in [-0.1, -0.05) is 54.6 Å². The molecule has 6 rings (SSSR count). The van der Waals surface area contributed by atoms with E-state index in [1.807, 2.05) is 107 Å². The van der Waals surface area contributed by atoms with Crippen LogP contribution in [0.25, 0.3) is 0 Å². The largest absolute Gasteiger partial charge is 0.497 e. The van der Waals surface area contributed by atoms with Gasteiger partial charge in [-0.15, -0.1) is 0 Å². The number of esters is 3. The molecule has 4 aromatic rings. The maximum atomic E-state index is 15.7. The van der Waals surface area contributed by atoms with E-state index >= 15 is 4.57 Å². The third-order valence-corrected chi connectivity index (χ3v) is 15.5. The molecular weight excluding hydrogens is 1050 g/mol. The quantitative estimate of drug-likeness (QED) is 0.0246. The normalized spacial score (nSPS) is 22.1. The van der Waals surface area contributed by atoms with E-state index in [1.54, 1.807) is 25.8 Å². The van der Waals surface area contributed by atoms with Gasteiger partial charge in [0.25, 0.3) is 5.56 Å². The number of hydrogen-bond acceptors (Lipinski definition) is 19. The second kappa shape index (κ2) is 28.2. The predicted octanol–water partition coefficient (Wildman–Crippen LogP) is 5.48. The SMILES string of the molecule is COc1ccc(C(OC[C@H]2O[C@@H](n3cc(C)c(=O)[nH]c3=O)C[C@@H]2OP(=O)(OCCOCCO[C@@H]2O[C@H](COC(C)=O)[C@H](OC(C)=O)[C@H](OC(C)=O)[C@H]2NC(C)=O)N(C(C)C)C(C)C)(c2ccccc2)c2ccc(OC)cc2)cc1. The molecule has 0 spiro atoms. The topological polar surface area (TPSA) is 266 Å². The van der Waals surface area contributed by atoms with Crippen molar-refractivity contribution in [3.63, 3.8) is 0 Å². The molecular formula is C55H73N4O19P. The molecule has 2 aliphatic heterocycles. The van der Waals surface area contributed by atoms with Crippen molar-refractivity contribution in [2.75, 3.05) is 53.9 Å². The van der Waals surface area contributed by atoms with E-state index in [9.17, 15) is 28.8 Å². The number of rotatable bonds is 27. The van der Waals surface area contributed by atoms with E-state index in [2.05, 4.69) is 10.3 Å². The Morgan fingerprint density at radius 3 is 1.86 bits per heavy atom. The lowest BCUT2D eigenvalue weighted by Gasteiger charge is -2.44. The minimum atomic E-state index is -4.35. The van der Waals surface area contributed by atoms with Crippen LogP contribution in [0.3, 0.4) is 0 Å². The number of aryl methyl sites for hydroxylation is 1. The smallest absolute Gasteiger partial charge is 0.409 e. The molecule has 2 saturated heterocycles. The van der Waals surface area contributed by atoms with Gasteiger partial charge in [-0.3, -0.25) is 42.6 Å². The van der Waals surface area contributed by atoms with Gasteiger partial charge in [0.1, 0.15) is 54.3 Å². The van der Waals surface area contributed by atoms with E-state index in [-0.39, 0.29) is 57.1 Å². The van der Waals surface area contributed by atoms with Gasteiger partial charge < -0.3 is 52.7 Å². The van der Waals surface area contributed by atoms with Gasteiger partial charge in [0, 0.05) is 58.0 Å². The van der Waals surface area contributed by atoms with Crippen LogP contribution < -0.4 is 26.0 Å². The first-order valence-corrected chi connectivity index (χ1v) is 27.4. The molecule has 1 unspecified atom stereocenters. The molecule has 2 fully saturated rings. The zero-order valence-corrected chi connectivity index (χ0v) is 47.3. The van der Waals surface area contributed by atoms with Crippen molar-refractivity contribution in [2.24, 2.45) is 0 Å². The number of nitrogens with one attached hydrogen (secondary N) is 2. The Labute approximate surface area is 458 Å². The van der Waals surface area contributed by atoms with Crippen molar-refractivity contribution >= 4 is 31.6 Å². The number of nitrogens with zero attached hydrogens (tertiary/aromatic N) is 2. The number of amides is 1. The number of ether oxygens (including phenoxy) is 10. The Morgan fingerprint density at radius 2 is 1.32 bits per heavy atom. The molecule has 9 atom stereocenters. The Balaban J connectivity index is 1.26.